The van der Waals surface area contributed by atoms with Gasteiger partial charge in [0.1, 0.15) is 5.65 Å². The Morgan fingerprint density at radius 1 is 1.00 bits per heavy atom. The third-order valence-electron chi connectivity index (χ3n) is 6.28. The Morgan fingerprint density at radius 2 is 1.78 bits per heavy atom. The number of nitrogens with one attached hydrogen (secondary N) is 1. The first-order chi connectivity index (χ1) is 15.6. The van der Waals surface area contributed by atoms with E-state index >= 15 is 0 Å². The molecule has 0 unspecified atom stereocenters. The fourth-order valence-corrected chi connectivity index (χ4v) is 4.31. The third kappa shape index (κ3) is 4.15. The number of pyridine rings is 1. The molecular weight excluding hydrogens is 398 g/mol. The van der Waals surface area contributed by atoms with Gasteiger partial charge in [0.2, 0.25) is 5.91 Å². The number of nitrogens with zero attached hydrogens (tertiary/aromatic N) is 3. The normalized spacial score (nSPS) is 15.3. The second-order valence-corrected chi connectivity index (χ2v) is 8.54. The summed E-state index contributed by atoms with van der Waals surface area (Å²) in [5, 5.41) is 1.02. The lowest BCUT2D eigenvalue weighted by molar-refractivity contribution is 0.100. The van der Waals surface area contributed by atoms with Gasteiger partial charge in [0.05, 0.1) is 0 Å². The third-order valence-corrected chi connectivity index (χ3v) is 6.28. The zero-order valence-electron chi connectivity index (χ0n) is 18.2. The molecule has 162 valence electrons. The van der Waals surface area contributed by atoms with E-state index in [0.717, 1.165) is 66.0 Å². The maximum absolute atomic E-state index is 11.6. The van der Waals surface area contributed by atoms with Gasteiger partial charge in [0.25, 0.3) is 0 Å². The summed E-state index contributed by atoms with van der Waals surface area (Å²) in [6.45, 7) is 5.48. The standard InChI is InChI=1S/C26H27N5O/c1-30-9-11-31(12-10-30)17-18-5-7-19(8-6-18)22-14-23-24(16-29-26(23)28-15-22)20-3-2-4-21(13-20)25(27)32/h2-8,13-16H,9-12,17H2,1H3,(H2,27,32)(H,28,29). The van der Waals surface area contributed by atoms with Gasteiger partial charge in [-0.1, -0.05) is 36.4 Å². The molecule has 0 atom stereocenters. The van der Waals surface area contributed by atoms with Gasteiger partial charge in [-0.2, -0.15) is 0 Å². The van der Waals surface area contributed by atoms with Crippen molar-refractivity contribution in [3.05, 3.63) is 78.1 Å². The van der Waals surface area contributed by atoms with Crippen molar-refractivity contribution in [3.63, 3.8) is 0 Å². The maximum atomic E-state index is 11.6. The van der Waals surface area contributed by atoms with Crippen molar-refractivity contribution in [2.24, 2.45) is 5.73 Å². The van der Waals surface area contributed by atoms with E-state index in [1.165, 1.54) is 5.56 Å². The van der Waals surface area contributed by atoms with Crippen LogP contribution >= 0.6 is 0 Å². The Kier molecular flexibility index (Phi) is 5.47. The SMILES string of the molecule is CN1CCN(Cc2ccc(-c3cnc4[nH]cc(-c5cccc(C(N)=O)c5)c4c3)cc2)CC1. The minimum absolute atomic E-state index is 0.429. The van der Waals surface area contributed by atoms with Gasteiger partial charge in [0.15, 0.2) is 0 Å². The molecule has 0 aliphatic carbocycles. The summed E-state index contributed by atoms with van der Waals surface area (Å²) in [7, 11) is 2.18. The minimum atomic E-state index is -0.429. The first-order valence-corrected chi connectivity index (χ1v) is 10.9. The summed E-state index contributed by atoms with van der Waals surface area (Å²) in [4.78, 5) is 24.3. The Balaban J connectivity index is 1.41. The number of carbonyl (C=O) groups excluding carboxylic acids is 1. The number of aromatic nitrogens is 2. The molecule has 2 aromatic carbocycles. The molecule has 6 heteroatoms. The Hall–Kier alpha value is -3.48. The van der Waals surface area contributed by atoms with E-state index in [4.69, 9.17) is 5.73 Å². The summed E-state index contributed by atoms with van der Waals surface area (Å²) in [5.41, 5.74) is 12.3. The van der Waals surface area contributed by atoms with Crippen molar-refractivity contribution < 1.29 is 4.79 Å². The minimum Gasteiger partial charge on any atom is -0.366 e. The molecule has 6 nitrogen and oxygen atoms in total. The summed E-state index contributed by atoms with van der Waals surface area (Å²) < 4.78 is 0. The molecule has 0 bridgehead atoms. The summed E-state index contributed by atoms with van der Waals surface area (Å²) in [5.74, 6) is -0.429. The molecule has 3 N–H and O–H groups in total. The van der Waals surface area contributed by atoms with Crippen molar-refractivity contribution >= 4 is 16.9 Å². The highest BCUT2D eigenvalue weighted by Gasteiger charge is 2.14. The van der Waals surface area contributed by atoms with E-state index in [0.29, 0.717) is 5.56 Å². The fourth-order valence-electron chi connectivity index (χ4n) is 4.31. The first kappa shape index (κ1) is 20.4. The number of H-pyrrole nitrogens is 1. The van der Waals surface area contributed by atoms with Crippen LogP contribution in [-0.4, -0.2) is 58.9 Å². The van der Waals surface area contributed by atoms with Crippen LogP contribution in [0.2, 0.25) is 0 Å². The van der Waals surface area contributed by atoms with Gasteiger partial charge < -0.3 is 15.6 Å². The van der Waals surface area contributed by atoms with Crippen LogP contribution < -0.4 is 5.73 Å². The van der Waals surface area contributed by atoms with E-state index in [1.54, 1.807) is 6.07 Å². The number of likely N-dealkylation sites (N-methyl/N-ethyl adjacent to an activating group) is 1. The van der Waals surface area contributed by atoms with Gasteiger partial charge in [-0.15, -0.1) is 0 Å². The van der Waals surface area contributed by atoms with Gasteiger partial charge in [-0.3, -0.25) is 9.69 Å². The smallest absolute Gasteiger partial charge is 0.248 e. The number of aromatic amines is 1. The number of hydrogen-bond acceptors (Lipinski definition) is 4. The molecule has 4 aromatic rings. The largest absolute Gasteiger partial charge is 0.366 e. The Bertz CT molecular complexity index is 1250. The van der Waals surface area contributed by atoms with E-state index in [2.05, 4.69) is 57.1 Å². The number of piperazine rings is 1. The lowest BCUT2D eigenvalue weighted by atomic mass is 10.00. The predicted molar refractivity (Wildman–Crippen MR) is 128 cm³/mol. The monoisotopic (exact) mass is 425 g/mol. The molecule has 0 radical (unpaired) electrons. The first-order valence-electron chi connectivity index (χ1n) is 10.9. The quantitative estimate of drug-likeness (QED) is 0.511. The average molecular weight is 426 g/mol. The predicted octanol–water partition coefficient (Wildman–Crippen LogP) is 3.74. The van der Waals surface area contributed by atoms with Crippen LogP contribution in [0.4, 0.5) is 0 Å². The zero-order valence-corrected chi connectivity index (χ0v) is 18.2. The van der Waals surface area contributed by atoms with Crippen LogP contribution in [0, 0.1) is 0 Å². The van der Waals surface area contributed by atoms with Crippen LogP contribution in [0.5, 0.6) is 0 Å². The van der Waals surface area contributed by atoms with Crippen LogP contribution in [0.3, 0.4) is 0 Å². The molecule has 2 aromatic heterocycles. The maximum Gasteiger partial charge on any atom is 0.248 e. The number of rotatable bonds is 5. The van der Waals surface area contributed by atoms with E-state index in [9.17, 15) is 4.79 Å². The van der Waals surface area contributed by atoms with Crippen molar-refractivity contribution in [2.75, 3.05) is 33.2 Å². The number of amides is 1. The number of fused-ring (bicyclic) bond motifs is 1. The lowest BCUT2D eigenvalue weighted by Crippen LogP contribution is -2.43. The molecule has 1 fully saturated rings. The van der Waals surface area contributed by atoms with Crippen LogP contribution in [0.15, 0.2) is 67.0 Å². The number of primary amides is 1. The van der Waals surface area contributed by atoms with Crippen molar-refractivity contribution in [2.45, 2.75) is 6.54 Å². The molecule has 5 rings (SSSR count). The van der Waals surface area contributed by atoms with Gasteiger partial charge >= 0.3 is 0 Å². The second-order valence-electron chi connectivity index (χ2n) is 8.54. The van der Waals surface area contributed by atoms with E-state index in [1.807, 2.05) is 30.6 Å². The molecule has 1 saturated heterocycles. The van der Waals surface area contributed by atoms with Crippen LogP contribution in [0.25, 0.3) is 33.3 Å². The molecule has 1 amide bonds. The molecular formula is C26H27N5O. The van der Waals surface area contributed by atoms with Gasteiger partial charge in [-0.25, -0.2) is 4.98 Å². The van der Waals surface area contributed by atoms with Crippen LogP contribution in [-0.2, 0) is 6.54 Å². The fraction of sp³-hybridized carbons (Fsp3) is 0.231. The highest BCUT2D eigenvalue weighted by molar-refractivity contribution is 5.98. The van der Waals surface area contributed by atoms with Gasteiger partial charge in [-0.05, 0) is 41.9 Å². The summed E-state index contributed by atoms with van der Waals surface area (Å²) in [6, 6.07) is 18.3. The van der Waals surface area contributed by atoms with Gasteiger partial charge in [0, 0.05) is 67.2 Å². The molecule has 0 spiro atoms. The highest BCUT2D eigenvalue weighted by Crippen LogP contribution is 2.31. The molecule has 3 heterocycles. The summed E-state index contributed by atoms with van der Waals surface area (Å²) in [6.07, 6.45) is 3.83. The van der Waals surface area contributed by atoms with E-state index in [-0.39, 0.29) is 0 Å². The zero-order chi connectivity index (χ0) is 22.1. The topological polar surface area (TPSA) is 78.2 Å². The van der Waals surface area contributed by atoms with Crippen LogP contribution in [0.1, 0.15) is 15.9 Å². The molecule has 0 saturated carbocycles. The molecule has 1 aliphatic rings. The molecule has 1 aliphatic heterocycles. The molecule has 32 heavy (non-hydrogen) atoms. The number of hydrogen-bond donors (Lipinski definition) is 2. The lowest BCUT2D eigenvalue weighted by Gasteiger charge is -2.32. The van der Waals surface area contributed by atoms with Crippen molar-refractivity contribution in [1.29, 1.82) is 0 Å². The number of carbonyl (C=O) groups is 1. The number of nitrogens with two attached hydrogens (primary N) is 1. The summed E-state index contributed by atoms with van der Waals surface area (Å²) >= 11 is 0. The number of benzene rings is 2. The second kappa shape index (κ2) is 8.57. The Labute approximate surface area is 187 Å². The van der Waals surface area contributed by atoms with Crippen molar-refractivity contribution in [1.82, 2.24) is 19.8 Å². The van der Waals surface area contributed by atoms with Crippen molar-refractivity contribution in [3.8, 4) is 22.3 Å². The van der Waals surface area contributed by atoms with E-state index < -0.39 is 5.91 Å². The highest BCUT2D eigenvalue weighted by atomic mass is 16.1. The Morgan fingerprint density at radius 3 is 2.53 bits per heavy atom. The average Bonchev–Trinajstić information content (AvgIpc) is 3.24.